The second-order valence-electron chi connectivity index (χ2n) is 5.60. The molecule has 0 bridgehead atoms. The minimum absolute atomic E-state index is 0.262. The van der Waals surface area contributed by atoms with Crippen molar-refractivity contribution in [3.05, 3.63) is 71.9 Å². The van der Waals surface area contributed by atoms with Crippen LogP contribution in [0.25, 0.3) is 17.3 Å². The summed E-state index contributed by atoms with van der Waals surface area (Å²) >= 11 is 0. The number of hydrogen-bond donors (Lipinski definition) is 0. The number of carbonyl (C=O) groups is 1. The van der Waals surface area contributed by atoms with Crippen LogP contribution in [0, 0.1) is 0 Å². The smallest absolute Gasteiger partial charge is 0.335 e. The van der Waals surface area contributed by atoms with Crippen LogP contribution in [0.5, 0.6) is 5.75 Å². The fourth-order valence-electron chi connectivity index (χ4n) is 2.49. The second kappa shape index (κ2) is 8.11. The van der Waals surface area contributed by atoms with Crippen LogP contribution in [0.4, 0.5) is 0 Å². The molecule has 6 heteroatoms. The first-order chi connectivity index (χ1) is 12.7. The van der Waals surface area contributed by atoms with E-state index in [4.69, 9.17) is 9.47 Å². The third kappa shape index (κ3) is 4.16. The average Bonchev–Trinajstić information content (AvgIpc) is 3.16. The highest BCUT2D eigenvalue weighted by Crippen LogP contribution is 2.18. The maximum atomic E-state index is 12.1. The Bertz CT molecular complexity index is 900. The zero-order valence-electron chi connectivity index (χ0n) is 14.6. The minimum atomic E-state index is -0.405. The molecule has 0 atom stereocenters. The summed E-state index contributed by atoms with van der Waals surface area (Å²) in [6.07, 6.45) is 3.58. The summed E-state index contributed by atoms with van der Waals surface area (Å²) in [7, 11) is 2.97. The van der Waals surface area contributed by atoms with Gasteiger partial charge in [0.05, 0.1) is 32.5 Å². The molecule has 1 heterocycles. The molecule has 0 spiro atoms. The number of ether oxygens (including phenoxy) is 2. The summed E-state index contributed by atoms with van der Waals surface area (Å²) in [4.78, 5) is 12.1. The van der Waals surface area contributed by atoms with Gasteiger partial charge in [-0.15, -0.1) is 5.10 Å². The van der Waals surface area contributed by atoms with Crippen LogP contribution in [0.2, 0.25) is 0 Å². The maximum absolute atomic E-state index is 12.1. The second-order valence-corrected chi connectivity index (χ2v) is 5.60. The molecule has 0 amide bonds. The molecule has 0 fully saturated rings. The fraction of sp³-hybridized carbons (Fsp3) is 0.150. The molecule has 0 aliphatic rings. The molecule has 132 valence electrons. The van der Waals surface area contributed by atoms with Crippen molar-refractivity contribution >= 4 is 12.0 Å². The number of rotatable bonds is 6. The highest BCUT2D eigenvalue weighted by Gasteiger charge is 2.13. The zero-order valence-corrected chi connectivity index (χ0v) is 14.6. The van der Waals surface area contributed by atoms with Crippen molar-refractivity contribution in [3.8, 4) is 17.0 Å². The SMILES string of the molecule is COC(=O)/C(=C/c1ccc(OC)cc1)Cn1cc(-c2ccccc2)nn1. The molecule has 0 radical (unpaired) electrons. The van der Waals surface area contributed by atoms with Crippen LogP contribution in [0.3, 0.4) is 0 Å². The summed E-state index contributed by atoms with van der Waals surface area (Å²) < 4.78 is 11.7. The average molecular weight is 349 g/mol. The van der Waals surface area contributed by atoms with Crippen molar-refractivity contribution in [1.29, 1.82) is 0 Å². The van der Waals surface area contributed by atoms with E-state index in [1.54, 1.807) is 24.1 Å². The Morgan fingerprint density at radius 1 is 1.08 bits per heavy atom. The number of aromatic nitrogens is 3. The molecule has 0 saturated heterocycles. The molecule has 0 saturated carbocycles. The fourth-order valence-corrected chi connectivity index (χ4v) is 2.49. The number of esters is 1. The first kappa shape index (κ1) is 17.4. The van der Waals surface area contributed by atoms with E-state index in [9.17, 15) is 4.79 Å². The lowest BCUT2D eigenvalue weighted by Gasteiger charge is -2.06. The lowest BCUT2D eigenvalue weighted by Crippen LogP contribution is -2.12. The van der Waals surface area contributed by atoms with Gasteiger partial charge in [0.2, 0.25) is 0 Å². The van der Waals surface area contributed by atoms with Crippen molar-refractivity contribution in [3.63, 3.8) is 0 Å². The van der Waals surface area contributed by atoms with Gasteiger partial charge in [-0.3, -0.25) is 0 Å². The van der Waals surface area contributed by atoms with Crippen LogP contribution >= 0.6 is 0 Å². The number of hydrogen-bond acceptors (Lipinski definition) is 5. The number of benzene rings is 2. The van der Waals surface area contributed by atoms with Crippen LogP contribution in [-0.4, -0.2) is 35.2 Å². The monoisotopic (exact) mass is 349 g/mol. The first-order valence-electron chi connectivity index (χ1n) is 8.08. The predicted molar refractivity (Wildman–Crippen MR) is 98.4 cm³/mol. The van der Waals surface area contributed by atoms with E-state index >= 15 is 0 Å². The molecule has 0 aliphatic heterocycles. The van der Waals surface area contributed by atoms with E-state index in [0.717, 1.165) is 22.6 Å². The first-order valence-corrected chi connectivity index (χ1v) is 8.08. The normalized spacial score (nSPS) is 11.2. The lowest BCUT2D eigenvalue weighted by molar-refractivity contribution is -0.136. The van der Waals surface area contributed by atoms with Gasteiger partial charge in [0.15, 0.2) is 0 Å². The Kier molecular flexibility index (Phi) is 5.43. The highest BCUT2D eigenvalue weighted by atomic mass is 16.5. The quantitative estimate of drug-likeness (QED) is 0.505. The van der Waals surface area contributed by atoms with Crippen molar-refractivity contribution < 1.29 is 14.3 Å². The summed E-state index contributed by atoms with van der Waals surface area (Å²) in [6, 6.07) is 17.2. The molecule has 0 N–H and O–H groups in total. The summed E-state index contributed by atoms with van der Waals surface area (Å²) in [5.41, 5.74) is 3.06. The summed E-state index contributed by atoms with van der Waals surface area (Å²) in [5, 5.41) is 8.29. The summed E-state index contributed by atoms with van der Waals surface area (Å²) in [5.74, 6) is 0.350. The van der Waals surface area contributed by atoms with Crippen molar-refractivity contribution in [2.75, 3.05) is 14.2 Å². The molecule has 2 aromatic carbocycles. The third-order valence-electron chi connectivity index (χ3n) is 3.84. The van der Waals surface area contributed by atoms with Gasteiger partial charge in [-0.25, -0.2) is 9.48 Å². The number of methoxy groups -OCH3 is 2. The Balaban J connectivity index is 1.84. The standard InChI is InChI=1S/C20H19N3O3/c1-25-18-10-8-15(9-11-18)12-17(20(24)26-2)13-23-14-19(21-22-23)16-6-4-3-5-7-16/h3-12,14H,13H2,1-2H3/b17-12+. The Hall–Kier alpha value is -3.41. The predicted octanol–water partition coefficient (Wildman–Crippen LogP) is 3.21. The molecule has 0 unspecified atom stereocenters. The Labute approximate surface area is 151 Å². The number of carbonyl (C=O) groups excluding carboxylic acids is 1. The molecule has 26 heavy (non-hydrogen) atoms. The van der Waals surface area contributed by atoms with Gasteiger partial charge in [0.1, 0.15) is 11.4 Å². The minimum Gasteiger partial charge on any atom is -0.497 e. The third-order valence-corrected chi connectivity index (χ3v) is 3.84. The molecule has 1 aromatic heterocycles. The molecule has 3 rings (SSSR count). The summed E-state index contributed by atoms with van der Waals surface area (Å²) in [6.45, 7) is 0.262. The van der Waals surface area contributed by atoms with E-state index in [1.807, 2.05) is 54.6 Å². The highest BCUT2D eigenvalue weighted by molar-refractivity contribution is 5.93. The van der Waals surface area contributed by atoms with Gasteiger partial charge >= 0.3 is 5.97 Å². The van der Waals surface area contributed by atoms with Crippen molar-refractivity contribution in [2.45, 2.75) is 6.54 Å². The van der Waals surface area contributed by atoms with E-state index in [2.05, 4.69) is 10.3 Å². The Morgan fingerprint density at radius 2 is 1.81 bits per heavy atom. The van der Waals surface area contributed by atoms with Crippen LogP contribution in [0.1, 0.15) is 5.56 Å². The van der Waals surface area contributed by atoms with E-state index in [1.165, 1.54) is 7.11 Å². The van der Waals surface area contributed by atoms with Gasteiger partial charge < -0.3 is 9.47 Å². The van der Waals surface area contributed by atoms with Gasteiger partial charge in [0.25, 0.3) is 0 Å². The zero-order chi connectivity index (χ0) is 18.4. The molecular formula is C20H19N3O3. The van der Waals surface area contributed by atoms with E-state index in [-0.39, 0.29) is 6.54 Å². The molecule has 3 aromatic rings. The van der Waals surface area contributed by atoms with Crippen molar-refractivity contribution in [1.82, 2.24) is 15.0 Å². The maximum Gasteiger partial charge on any atom is 0.335 e. The Morgan fingerprint density at radius 3 is 2.46 bits per heavy atom. The van der Waals surface area contributed by atoms with Gasteiger partial charge in [-0.05, 0) is 23.8 Å². The molecular weight excluding hydrogens is 330 g/mol. The van der Waals surface area contributed by atoms with Crippen molar-refractivity contribution in [2.24, 2.45) is 0 Å². The number of nitrogens with zero attached hydrogens (tertiary/aromatic N) is 3. The largest absolute Gasteiger partial charge is 0.497 e. The van der Waals surface area contributed by atoms with Crippen LogP contribution in [-0.2, 0) is 16.1 Å². The van der Waals surface area contributed by atoms with Gasteiger partial charge in [0, 0.05) is 5.56 Å². The van der Waals surface area contributed by atoms with E-state index < -0.39 is 5.97 Å². The topological polar surface area (TPSA) is 66.2 Å². The van der Waals surface area contributed by atoms with E-state index in [0.29, 0.717) is 5.57 Å². The molecule has 6 nitrogen and oxygen atoms in total. The van der Waals surface area contributed by atoms with Crippen LogP contribution in [0.15, 0.2) is 66.4 Å². The van der Waals surface area contributed by atoms with Gasteiger partial charge in [-0.2, -0.15) is 0 Å². The van der Waals surface area contributed by atoms with Gasteiger partial charge in [-0.1, -0.05) is 47.7 Å². The molecule has 0 aliphatic carbocycles. The lowest BCUT2D eigenvalue weighted by atomic mass is 10.1. The van der Waals surface area contributed by atoms with Crippen LogP contribution < -0.4 is 4.74 Å².